The van der Waals surface area contributed by atoms with Crippen LogP contribution in [0.2, 0.25) is 0 Å². The topological polar surface area (TPSA) is 104 Å². The minimum Gasteiger partial charge on any atom is -0.395 e. The highest BCUT2D eigenvalue weighted by Gasteiger charge is 2.03. The van der Waals surface area contributed by atoms with Crippen LogP contribution in [0, 0.1) is 10.1 Å². The van der Waals surface area contributed by atoms with Crippen LogP contribution in [0.25, 0.3) is 0 Å². The molecule has 1 aromatic carbocycles. The Morgan fingerprint density at radius 3 is 2.40 bits per heavy atom. The molecule has 0 aromatic heterocycles. The van der Waals surface area contributed by atoms with Gasteiger partial charge in [0.05, 0.1) is 11.5 Å². The maximum atomic E-state index is 11.1. The second-order valence-corrected chi connectivity index (χ2v) is 4.29. The quantitative estimate of drug-likeness (QED) is 0.378. The molecule has 0 saturated heterocycles. The smallest absolute Gasteiger partial charge is 0.314 e. The Bertz CT molecular complexity index is 434. The van der Waals surface area contributed by atoms with Gasteiger partial charge in [-0.25, -0.2) is 4.79 Å². The first-order valence-corrected chi connectivity index (χ1v) is 6.49. The minimum atomic E-state index is -0.418. The SMILES string of the molecule is O=C(NCCO)NCCCCc1ccc([N+](=O)[O-])cc1. The minimum absolute atomic E-state index is 0.0758. The fourth-order valence-electron chi connectivity index (χ4n) is 1.67. The molecule has 0 unspecified atom stereocenters. The monoisotopic (exact) mass is 281 g/mol. The molecule has 3 N–H and O–H groups in total. The number of hydrogen-bond acceptors (Lipinski definition) is 4. The first-order valence-electron chi connectivity index (χ1n) is 6.49. The zero-order valence-electron chi connectivity index (χ0n) is 11.2. The Hall–Kier alpha value is -2.15. The third-order valence-corrected chi connectivity index (χ3v) is 2.72. The summed E-state index contributed by atoms with van der Waals surface area (Å²) >= 11 is 0. The summed E-state index contributed by atoms with van der Waals surface area (Å²) in [5.41, 5.74) is 1.14. The van der Waals surface area contributed by atoms with Gasteiger partial charge in [-0.15, -0.1) is 0 Å². The van der Waals surface area contributed by atoms with Crippen molar-refractivity contribution >= 4 is 11.7 Å². The molecule has 0 saturated carbocycles. The number of aryl methyl sites for hydroxylation is 1. The van der Waals surface area contributed by atoms with Crippen molar-refractivity contribution in [2.45, 2.75) is 19.3 Å². The maximum Gasteiger partial charge on any atom is 0.314 e. The molecule has 0 fully saturated rings. The zero-order chi connectivity index (χ0) is 14.8. The highest BCUT2D eigenvalue weighted by atomic mass is 16.6. The molecule has 0 heterocycles. The van der Waals surface area contributed by atoms with Gasteiger partial charge in [0.15, 0.2) is 0 Å². The van der Waals surface area contributed by atoms with Crippen molar-refractivity contribution in [3.05, 3.63) is 39.9 Å². The van der Waals surface area contributed by atoms with Crippen molar-refractivity contribution in [3.8, 4) is 0 Å². The molecular formula is C13H19N3O4. The maximum absolute atomic E-state index is 11.1. The second kappa shape index (κ2) is 8.87. The lowest BCUT2D eigenvalue weighted by Crippen LogP contribution is -2.37. The molecule has 0 spiro atoms. The van der Waals surface area contributed by atoms with Gasteiger partial charge in [-0.3, -0.25) is 10.1 Å². The zero-order valence-corrected chi connectivity index (χ0v) is 11.2. The van der Waals surface area contributed by atoms with Crippen LogP contribution in [0.4, 0.5) is 10.5 Å². The fourth-order valence-corrected chi connectivity index (χ4v) is 1.67. The first-order chi connectivity index (χ1) is 9.63. The molecule has 1 aromatic rings. The normalized spacial score (nSPS) is 10.1. The molecule has 7 nitrogen and oxygen atoms in total. The van der Waals surface area contributed by atoms with Crippen LogP contribution in [-0.4, -0.2) is 35.8 Å². The Labute approximate surface area is 117 Å². The van der Waals surface area contributed by atoms with Crippen LogP contribution in [0.15, 0.2) is 24.3 Å². The van der Waals surface area contributed by atoms with E-state index in [1.54, 1.807) is 12.1 Å². The van der Waals surface area contributed by atoms with E-state index in [9.17, 15) is 14.9 Å². The number of nitro groups is 1. The average Bonchev–Trinajstić information content (AvgIpc) is 2.45. The van der Waals surface area contributed by atoms with Crippen molar-refractivity contribution in [1.29, 1.82) is 0 Å². The number of benzene rings is 1. The van der Waals surface area contributed by atoms with Crippen LogP contribution in [0.1, 0.15) is 18.4 Å². The number of carbonyl (C=O) groups excluding carboxylic acids is 1. The molecule has 0 bridgehead atoms. The van der Waals surface area contributed by atoms with E-state index >= 15 is 0 Å². The lowest BCUT2D eigenvalue weighted by atomic mass is 10.1. The molecule has 0 aliphatic rings. The predicted octanol–water partition coefficient (Wildman–Crippen LogP) is 1.21. The summed E-state index contributed by atoms with van der Waals surface area (Å²) in [7, 11) is 0. The number of aliphatic hydroxyl groups excluding tert-OH is 1. The van der Waals surface area contributed by atoms with Gasteiger partial charge in [-0.1, -0.05) is 12.1 Å². The molecule has 2 amide bonds. The average molecular weight is 281 g/mol. The van der Waals surface area contributed by atoms with Crippen molar-refractivity contribution in [1.82, 2.24) is 10.6 Å². The number of rotatable bonds is 8. The van der Waals surface area contributed by atoms with E-state index in [2.05, 4.69) is 10.6 Å². The largest absolute Gasteiger partial charge is 0.395 e. The van der Waals surface area contributed by atoms with E-state index in [0.717, 1.165) is 24.8 Å². The number of carbonyl (C=O) groups is 1. The molecule has 20 heavy (non-hydrogen) atoms. The van der Waals surface area contributed by atoms with Crippen LogP contribution in [0.3, 0.4) is 0 Å². The van der Waals surface area contributed by atoms with Crippen molar-refractivity contribution in [3.63, 3.8) is 0 Å². The Morgan fingerprint density at radius 1 is 1.15 bits per heavy atom. The number of nitrogens with zero attached hydrogens (tertiary/aromatic N) is 1. The lowest BCUT2D eigenvalue weighted by Gasteiger charge is -2.06. The summed E-state index contributed by atoms with van der Waals surface area (Å²) in [5, 5.41) is 24.2. The third-order valence-electron chi connectivity index (χ3n) is 2.72. The van der Waals surface area contributed by atoms with Crippen molar-refractivity contribution in [2.24, 2.45) is 0 Å². The van der Waals surface area contributed by atoms with E-state index < -0.39 is 4.92 Å². The molecule has 0 atom stereocenters. The third kappa shape index (κ3) is 6.14. The molecule has 7 heteroatoms. The molecule has 0 radical (unpaired) electrons. The van der Waals surface area contributed by atoms with Gasteiger partial charge in [0.2, 0.25) is 0 Å². The summed E-state index contributed by atoms with van der Waals surface area (Å²) in [6.45, 7) is 0.729. The van der Waals surface area contributed by atoms with E-state index in [4.69, 9.17) is 5.11 Å². The molecular weight excluding hydrogens is 262 g/mol. The summed E-state index contributed by atoms with van der Waals surface area (Å²) in [4.78, 5) is 21.2. The number of unbranched alkanes of at least 4 members (excludes halogenated alkanes) is 1. The molecule has 1 rings (SSSR count). The Balaban J connectivity index is 2.15. The number of nitro benzene ring substituents is 1. The summed E-state index contributed by atoms with van der Waals surface area (Å²) in [6.07, 6.45) is 2.53. The standard InChI is InChI=1S/C13H19N3O4/c17-10-9-15-13(18)14-8-2-1-3-11-4-6-12(7-5-11)16(19)20/h4-7,17H,1-3,8-10H2,(H2,14,15,18). The van der Waals surface area contributed by atoms with Crippen LogP contribution >= 0.6 is 0 Å². The molecule has 0 aliphatic heterocycles. The molecule has 110 valence electrons. The van der Waals surface area contributed by atoms with Crippen LogP contribution < -0.4 is 10.6 Å². The van der Waals surface area contributed by atoms with Crippen molar-refractivity contribution < 1.29 is 14.8 Å². The van der Waals surface area contributed by atoms with Gasteiger partial charge in [0, 0.05) is 25.2 Å². The lowest BCUT2D eigenvalue weighted by molar-refractivity contribution is -0.384. The van der Waals surface area contributed by atoms with E-state index in [1.165, 1.54) is 12.1 Å². The Kier molecular flexibility index (Phi) is 7.05. The van der Waals surface area contributed by atoms with Crippen LogP contribution in [0.5, 0.6) is 0 Å². The first kappa shape index (κ1) is 15.9. The van der Waals surface area contributed by atoms with Gasteiger partial charge in [0.1, 0.15) is 0 Å². The fraction of sp³-hybridized carbons (Fsp3) is 0.462. The number of amides is 2. The number of non-ortho nitro benzene ring substituents is 1. The van der Waals surface area contributed by atoms with Crippen molar-refractivity contribution in [2.75, 3.05) is 19.7 Å². The van der Waals surface area contributed by atoms with Gasteiger partial charge in [0.25, 0.3) is 5.69 Å². The van der Waals surface area contributed by atoms with Crippen LogP contribution in [-0.2, 0) is 6.42 Å². The Morgan fingerprint density at radius 2 is 1.80 bits per heavy atom. The van der Waals surface area contributed by atoms with E-state index in [0.29, 0.717) is 6.54 Å². The van der Waals surface area contributed by atoms with Gasteiger partial charge < -0.3 is 15.7 Å². The van der Waals surface area contributed by atoms with Gasteiger partial charge in [-0.05, 0) is 24.8 Å². The van der Waals surface area contributed by atoms with Gasteiger partial charge >= 0.3 is 6.03 Å². The second-order valence-electron chi connectivity index (χ2n) is 4.29. The molecule has 0 aliphatic carbocycles. The number of nitrogens with one attached hydrogen (secondary N) is 2. The van der Waals surface area contributed by atoms with Gasteiger partial charge in [-0.2, -0.15) is 0 Å². The summed E-state index contributed by atoms with van der Waals surface area (Å²) in [5.74, 6) is 0. The highest BCUT2D eigenvalue weighted by molar-refractivity contribution is 5.73. The number of hydrogen-bond donors (Lipinski definition) is 3. The number of urea groups is 1. The van der Waals surface area contributed by atoms with E-state index in [-0.39, 0.29) is 24.9 Å². The van der Waals surface area contributed by atoms with E-state index in [1.807, 2.05) is 0 Å². The predicted molar refractivity (Wildman–Crippen MR) is 74.5 cm³/mol. The summed E-state index contributed by atoms with van der Waals surface area (Å²) in [6, 6.07) is 6.21. The summed E-state index contributed by atoms with van der Waals surface area (Å²) < 4.78 is 0. The highest BCUT2D eigenvalue weighted by Crippen LogP contribution is 2.13. The number of aliphatic hydroxyl groups is 1.